The molecular formula is C21H23N3O3. The van der Waals surface area contributed by atoms with E-state index in [9.17, 15) is 9.59 Å². The quantitative estimate of drug-likeness (QED) is 0.834. The van der Waals surface area contributed by atoms with E-state index in [0.717, 1.165) is 30.7 Å². The number of carbonyl (C=O) groups excluding carboxylic acids is 2. The lowest BCUT2D eigenvalue weighted by atomic mass is 9.85. The molecule has 2 aliphatic rings. The number of benzene rings is 1. The van der Waals surface area contributed by atoms with E-state index in [1.807, 2.05) is 29.2 Å². The van der Waals surface area contributed by atoms with Crippen molar-refractivity contribution in [1.29, 1.82) is 0 Å². The van der Waals surface area contributed by atoms with Crippen molar-refractivity contribution < 1.29 is 14.3 Å². The summed E-state index contributed by atoms with van der Waals surface area (Å²) < 4.78 is 5.27. The van der Waals surface area contributed by atoms with Crippen LogP contribution in [0.3, 0.4) is 0 Å². The molecule has 1 aromatic heterocycles. The van der Waals surface area contributed by atoms with Gasteiger partial charge in [0.15, 0.2) is 0 Å². The molecule has 0 saturated carbocycles. The van der Waals surface area contributed by atoms with Crippen LogP contribution in [0.1, 0.15) is 28.8 Å². The summed E-state index contributed by atoms with van der Waals surface area (Å²) in [6.07, 6.45) is 4.76. The highest BCUT2D eigenvalue weighted by Gasteiger charge is 2.51. The zero-order chi connectivity index (χ0) is 18.9. The Labute approximate surface area is 158 Å². The number of likely N-dealkylation sites (tertiary alicyclic amines) is 2. The lowest BCUT2D eigenvalue weighted by Gasteiger charge is -2.24. The van der Waals surface area contributed by atoms with Gasteiger partial charge in [0.25, 0.3) is 5.91 Å². The van der Waals surface area contributed by atoms with Crippen molar-refractivity contribution in [3.05, 3.63) is 59.9 Å². The molecule has 2 saturated heterocycles. The average molecular weight is 365 g/mol. The first kappa shape index (κ1) is 17.5. The third kappa shape index (κ3) is 3.27. The van der Waals surface area contributed by atoms with Gasteiger partial charge in [-0.05, 0) is 42.7 Å². The summed E-state index contributed by atoms with van der Waals surface area (Å²) in [5, 5.41) is 0. The predicted molar refractivity (Wildman–Crippen MR) is 100 cm³/mol. The average Bonchev–Trinajstić information content (AvgIpc) is 3.28. The third-order valence-electron chi connectivity index (χ3n) is 5.66. The summed E-state index contributed by atoms with van der Waals surface area (Å²) in [5.74, 6) is 0.911. The minimum absolute atomic E-state index is 0.0426. The van der Waals surface area contributed by atoms with E-state index in [-0.39, 0.29) is 11.8 Å². The number of aromatic nitrogens is 1. The van der Waals surface area contributed by atoms with Crippen LogP contribution in [-0.4, -0.2) is 53.3 Å². The van der Waals surface area contributed by atoms with Gasteiger partial charge in [0, 0.05) is 38.6 Å². The van der Waals surface area contributed by atoms with Crippen molar-refractivity contribution in [1.82, 2.24) is 14.8 Å². The van der Waals surface area contributed by atoms with E-state index in [0.29, 0.717) is 25.2 Å². The molecular weight excluding hydrogens is 342 g/mol. The molecule has 0 N–H and O–H groups in total. The number of pyridine rings is 1. The molecule has 140 valence electrons. The molecule has 0 radical (unpaired) electrons. The highest BCUT2D eigenvalue weighted by Crippen LogP contribution is 2.41. The highest BCUT2D eigenvalue weighted by atomic mass is 16.5. The van der Waals surface area contributed by atoms with Crippen molar-refractivity contribution in [2.45, 2.75) is 19.4 Å². The Kier molecular flexibility index (Phi) is 4.56. The van der Waals surface area contributed by atoms with Crippen LogP contribution < -0.4 is 4.74 Å². The fraction of sp³-hybridized carbons (Fsp3) is 0.381. The summed E-state index contributed by atoms with van der Waals surface area (Å²) in [6, 6.07) is 11.3. The number of amides is 2. The molecule has 27 heavy (non-hydrogen) atoms. The van der Waals surface area contributed by atoms with Gasteiger partial charge in [-0.1, -0.05) is 12.1 Å². The van der Waals surface area contributed by atoms with Crippen LogP contribution in [0.25, 0.3) is 0 Å². The maximum absolute atomic E-state index is 13.1. The smallest absolute Gasteiger partial charge is 0.255 e. The Morgan fingerprint density at radius 3 is 2.85 bits per heavy atom. The van der Waals surface area contributed by atoms with Crippen molar-refractivity contribution in [2.75, 3.05) is 26.7 Å². The summed E-state index contributed by atoms with van der Waals surface area (Å²) in [4.78, 5) is 33.5. The molecule has 1 atom stereocenters. The van der Waals surface area contributed by atoms with Crippen molar-refractivity contribution in [3.8, 4) is 5.75 Å². The maximum atomic E-state index is 13.1. The summed E-state index contributed by atoms with van der Waals surface area (Å²) >= 11 is 0. The summed E-state index contributed by atoms with van der Waals surface area (Å²) in [6.45, 7) is 2.42. The number of methoxy groups -OCH3 is 1. The van der Waals surface area contributed by atoms with Crippen LogP contribution in [0.4, 0.5) is 0 Å². The van der Waals surface area contributed by atoms with E-state index in [4.69, 9.17) is 4.74 Å². The lowest BCUT2D eigenvalue weighted by Crippen LogP contribution is -2.38. The van der Waals surface area contributed by atoms with Gasteiger partial charge in [-0.25, -0.2) is 0 Å². The van der Waals surface area contributed by atoms with E-state index in [2.05, 4.69) is 4.98 Å². The first-order valence-corrected chi connectivity index (χ1v) is 9.23. The lowest BCUT2D eigenvalue weighted by molar-refractivity contribution is -0.135. The molecule has 1 unspecified atom stereocenters. The fourth-order valence-corrected chi connectivity index (χ4v) is 4.13. The SMILES string of the molecule is COc1cccc(CN2CCC3(CCN(C(=O)c4cccnc4)C3)C2=O)c1. The summed E-state index contributed by atoms with van der Waals surface area (Å²) in [5.41, 5.74) is 1.20. The monoisotopic (exact) mass is 365 g/mol. The second-order valence-corrected chi connectivity index (χ2v) is 7.33. The zero-order valence-corrected chi connectivity index (χ0v) is 15.4. The molecule has 6 nitrogen and oxygen atoms in total. The van der Waals surface area contributed by atoms with Gasteiger partial charge >= 0.3 is 0 Å². The van der Waals surface area contributed by atoms with Crippen LogP contribution in [0, 0.1) is 5.41 Å². The van der Waals surface area contributed by atoms with Gasteiger partial charge in [-0.3, -0.25) is 14.6 Å². The molecule has 6 heteroatoms. The zero-order valence-electron chi connectivity index (χ0n) is 15.4. The predicted octanol–water partition coefficient (Wildman–Crippen LogP) is 2.36. The maximum Gasteiger partial charge on any atom is 0.255 e. The number of ether oxygens (including phenoxy) is 1. The number of rotatable bonds is 4. The first-order chi connectivity index (χ1) is 13.1. The van der Waals surface area contributed by atoms with Gasteiger partial charge in [0.2, 0.25) is 5.91 Å². The first-order valence-electron chi connectivity index (χ1n) is 9.23. The molecule has 0 bridgehead atoms. The van der Waals surface area contributed by atoms with Gasteiger partial charge in [-0.2, -0.15) is 0 Å². The Morgan fingerprint density at radius 1 is 1.22 bits per heavy atom. The van der Waals surface area contributed by atoms with Crippen molar-refractivity contribution in [2.24, 2.45) is 5.41 Å². The van der Waals surface area contributed by atoms with Crippen LogP contribution in [0.5, 0.6) is 5.75 Å². The Bertz CT molecular complexity index is 855. The van der Waals surface area contributed by atoms with Gasteiger partial charge in [-0.15, -0.1) is 0 Å². The number of hydrogen-bond acceptors (Lipinski definition) is 4. The Balaban J connectivity index is 1.44. The standard InChI is InChI=1S/C21H23N3O3/c1-27-18-6-2-4-16(12-18)14-23-10-7-21(20(23)26)8-11-24(15-21)19(25)17-5-3-9-22-13-17/h2-6,9,12-13H,7-8,10-11,14-15H2,1H3. The van der Waals surface area contributed by atoms with Crippen molar-refractivity contribution >= 4 is 11.8 Å². The molecule has 1 aromatic carbocycles. The van der Waals surface area contributed by atoms with Crippen LogP contribution in [0.2, 0.25) is 0 Å². The molecule has 2 amide bonds. The van der Waals surface area contributed by atoms with Crippen LogP contribution >= 0.6 is 0 Å². The minimum atomic E-state index is -0.434. The van der Waals surface area contributed by atoms with Crippen molar-refractivity contribution in [3.63, 3.8) is 0 Å². The van der Waals surface area contributed by atoms with E-state index in [1.165, 1.54) is 0 Å². The highest BCUT2D eigenvalue weighted by molar-refractivity contribution is 5.95. The Hall–Kier alpha value is -2.89. The summed E-state index contributed by atoms with van der Waals surface area (Å²) in [7, 11) is 1.64. The third-order valence-corrected chi connectivity index (χ3v) is 5.66. The molecule has 4 rings (SSSR count). The normalized spacial score (nSPS) is 21.9. The van der Waals surface area contributed by atoms with Gasteiger partial charge < -0.3 is 14.5 Å². The molecule has 2 fully saturated rings. The second kappa shape index (κ2) is 7.02. The Morgan fingerprint density at radius 2 is 2.07 bits per heavy atom. The minimum Gasteiger partial charge on any atom is -0.497 e. The second-order valence-electron chi connectivity index (χ2n) is 7.33. The molecule has 3 heterocycles. The number of carbonyl (C=O) groups is 2. The largest absolute Gasteiger partial charge is 0.497 e. The van der Waals surface area contributed by atoms with E-state index >= 15 is 0 Å². The molecule has 0 aliphatic carbocycles. The topological polar surface area (TPSA) is 62.7 Å². The van der Waals surface area contributed by atoms with E-state index in [1.54, 1.807) is 36.5 Å². The number of nitrogens with zero attached hydrogens (tertiary/aromatic N) is 3. The van der Waals surface area contributed by atoms with E-state index < -0.39 is 5.41 Å². The molecule has 2 aliphatic heterocycles. The van der Waals surface area contributed by atoms with Crippen LogP contribution in [0.15, 0.2) is 48.8 Å². The fourth-order valence-electron chi connectivity index (χ4n) is 4.13. The van der Waals surface area contributed by atoms with Crippen LogP contribution in [-0.2, 0) is 11.3 Å². The van der Waals surface area contributed by atoms with Gasteiger partial charge in [0.05, 0.1) is 18.1 Å². The molecule has 2 aromatic rings. The van der Waals surface area contributed by atoms with Gasteiger partial charge in [0.1, 0.15) is 5.75 Å². The number of hydrogen-bond donors (Lipinski definition) is 0. The molecule has 1 spiro atoms.